The lowest BCUT2D eigenvalue weighted by Crippen LogP contribution is -2.05. The van der Waals surface area contributed by atoms with Crippen molar-refractivity contribution in [1.29, 1.82) is 0 Å². The Labute approximate surface area is 58.9 Å². The summed E-state index contributed by atoms with van der Waals surface area (Å²) in [5, 5.41) is 11.3. The second kappa shape index (κ2) is 3.79. The van der Waals surface area contributed by atoms with Crippen LogP contribution in [0.4, 0.5) is 5.69 Å². The molecule has 0 bridgehead atoms. The van der Waals surface area contributed by atoms with E-state index in [1.807, 2.05) is 0 Å². The second-order valence-electron chi connectivity index (χ2n) is 1.78. The molecule has 54 valence electrons. The molecular weight excluding hydrogens is 130 g/mol. The molecule has 0 amide bonds. The van der Waals surface area contributed by atoms with Crippen LogP contribution in [0.15, 0.2) is 18.7 Å². The van der Waals surface area contributed by atoms with Gasteiger partial charge in [0.2, 0.25) is 0 Å². The minimum Gasteiger partial charge on any atom is -0.395 e. The highest BCUT2D eigenvalue weighted by Gasteiger charge is 1.86. The van der Waals surface area contributed by atoms with Crippen molar-refractivity contribution in [2.24, 2.45) is 0 Å². The van der Waals surface area contributed by atoms with Gasteiger partial charge < -0.3 is 10.4 Å². The number of aliphatic hydroxyl groups excluding tert-OH is 1. The number of anilines is 1. The molecule has 4 nitrogen and oxygen atoms in total. The van der Waals surface area contributed by atoms with Crippen molar-refractivity contribution in [3.8, 4) is 0 Å². The van der Waals surface area contributed by atoms with Crippen molar-refractivity contribution in [2.45, 2.75) is 0 Å². The van der Waals surface area contributed by atoms with E-state index in [9.17, 15) is 0 Å². The Hall–Kier alpha value is -1.16. The average Bonchev–Trinajstić information content (AvgIpc) is 2.03. The van der Waals surface area contributed by atoms with Crippen LogP contribution in [0.2, 0.25) is 0 Å². The molecule has 4 heteroatoms. The standard InChI is InChI=1S/C6H9N3O/c10-2-1-9-6-3-7-5-8-4-6/h3-5,9-10H,1-2H2. The summed E-state index contributed by atoms with van der Waals surface area (Å²) in [7, 11) is 0. The maximum Gasteiger partial charge on any atom is 0.115 e. The van der Waals surface area contributed by atoms with E-state index in [-0.39, 0.29) is 6.61 Å². The topological polar surface area (TPSA) is 58.0 Å². The lowest BCUT2D eigenvalue weighted by molar-refractivity contribution is 0.311. The zero-order chi connectivity index (χ0) is 7.23. The maximum absolute atomic E-state index is 8.42. The van der Waals surface area contributed by atoms with Crippen LogP contribution in [0.25, 0.3) is 0 Å². The molecule has 0 aromatic carbocycles. The molecule has 0 unspecified atom stereocenters. The number of hydrogen-bond acceptors (Lipinski definition) is 4. The summed E-state index contributed by atoms with van der Waals surface area (Å²) in [5.74, 6) is 0. The van der Waals surface area contributed by atoms with Gasteiger partial charge in [0.15, 0.2) is 0 Å². The number of aromatic nitrogens is 2. The van der Waals surface area contributed by atoms with Crippen molar-refractivity contribution >= 4 is 5.69 Å². The summed E-state index contributed by atoms with van der Waals surface area (Å²) < 4.78 is 0. The highest BCUT2D eigenvalue weighted by Crippen LogP contribution is 1.97. The minimum absolute atomic E-state index is 0.120. The van der Waals surface area contributed by atoms with Crippen molar-refractivity contribution < 1.29 is 5.11 Å². The summed E-state index contributed by atoms with van der Waals surface area (Å²) in [6, 6.07) is 0. The smallest absolute Gasteiger partial charge is 0.115 e. The molecule has 0 radical (unpaired) electrons. The highest BCUT2D eigenvalue weighted by molar-refractivity contribution is 5.36. The molecule has 0 fully saturated rings. The van der Waals surface area contributed by atoms with Crippen LogP contribution in [-0.2, 0) is 0 Å². The molecule has 0 aliphatic carbocycles. The van der Waals surface area contributed by atoms with Gasteiger partial charge in [-0.1, -0.05) is 0 Å². The lowest BCUT2D eigenvalue weighted by Gasteiger charge is -2.00. The van der Waals surface area contributed by atoms with Gasteiger partial charge in [0.05, 0.1) is 24.7 Å². The van der Waals surface area contributed by atoms with E-state index in [1.165, 1.54) is 6.33 Å². The molecular formula is C6H9N3O. The van der Waals surface area contributed by atoms with Crippen molar-refractivity contribution in [2.75, 3.05) is 18.5 Å². The largest absolute Gasteiger partial charge is 0.395 e. The van der Waals surface area contributed by atoms with Crippen LogP contribution >= 0.6 is 0 Å². The van der Waals surface area contributed by atoms with Crippen LogP contribution < -0.4 is 5.32 Å². The number of aliphatic hydroxyl groups is 1. The van der Waals surface area contributed by atoms with Crippen LogP contribution in [0, 0.1) is 0 Å². The zero-order valence-electron chi connectivity index (χ0n) is 5.49. The molecule has 0 spiro atoms. The predicted molar refractivity (Wildman–Crippen MR) is 37.6 cm³/mol. The monoisotopic (exact) mass is 139 g/mol. The Morgan fingerprint density at radius 1 is 1.40 bits per heavy atom. The van der Waals surface area contributed by atoms with E-state index >= 15 is 0 Å². The molecule has 2 N–H and O–H groups in total. The fraction of sp³-hybridized carbons (Fsp3) is 0.333. The third-order valence-corrected chi connectivity index (χ3v) is 1.00. The van der Waals surface area contributed by atoms with Crippen LogP contribution in [0.5, 0.6) is 0 Å². The molecule has 1 rings (SSSR count). The average molecular weight is 139 g/mol. The highest BCUT2D eigenvalue weighted by atomic mass is 16.3. The van der Waals surface area contributed by atoms with E-state index in [1.54, 1.807) is 12.4 Å². The fourth-order valence-electron chi connectivity index (χ4n) is 0.591. The molecule has 0 atom stereocenters. The summed E-state index contributed by atoms with van der Waals surface area (Å²) in [5.41, 5.74) is 0.830. The summed E-state index contributed by atoms with van der Waals surface area (Å²) in [4.78, 5) is 7.56. The Bertz CT molecular complexity index is 178. The van der Waals surface area contributed by atoms with E-state index in [2.05, 4.69) is 15.3 Å². The first-order chi connectivity index (χ1) is 4.93. The number of nitrogens with one attached hydrogen (secondary N) is 1. The molecule has 0 aliphatic heterocycles. The Balaban J connectivity index is 2.43. The van der Waals surface area contributed by atoms with Gasteiger partial charge in [-0.05, 0) is 0 Å². The van der Waals surface area contributed by atoms with Crippen LogP contribution in [0.3, 0.4) is 0 Å². The van der Waals surface area contributed by atoms with Gasteiger partial charge in [-0.3, -0.25) is 0 Å². The van der Waals surface area contributed by atoms with Gasteiger partial charge >= 0.3 is 0 Å². The van der Waals surface area contributed by atoms with Crippen molar-refractivity contribution in [3.63, 3.8) is 0 Å². The van der Waals surface area contributed by atoms with E-state index in [4.69, 9.17) is 5.11 Å². The molecule has 0 aliphatic rings. The molecule has 1 aromatic rings. The zero-order valence-corrected chi connectivity index (χ0v) is 5.49. The Morgan fingerprint density at radius 3 is 2.70 bits per heavy atom. The summed E-state index contributed by atoms with van der Waals surface area (Å²) >= 11 is 0. The van der Waals surface area contributed by atoms with Gasteiger partial charge in [-0.2, -0.15) is 0 Å². The molecule has 10 heavy (non-hydrogen) atoms. The SMILES string of the molecule is OCCNc1cncnc1. The molecule has 1 aromatic heterocycles. The fourth-order valence-corrected chi connectivity index (χ4v) is 0.591. The first-order valence-corrected chi connectivity index (χ1v) is 3.03. The van der Waals surface area contributed by atoms with Gasteiger partial charge in [0.1, 0.15) is 6.33 Å². The minimum atomic E-state index is 0.120. The van der Waals surface area contributed by atoms with Gasteiger partial charge in [0.25, 0.3) is 0 Å². The third-order valence-electron chi connectivity index (χ3n) is 1.00. The van der Waals surface area contributed by atoms with Crippen LogP contribution in [-0.4, -0.2) is 28.2 Å². The number of nitrogens with zero attached hydrogens (tertiary/aromatic N) is 2. The molecule has 1 heterocycles. The van der Waals surface area contributed by atoms with Gasteiger partial charge in [-0.25, -0.2) is 9.97 Å². The quantitative estimate of drug-likeness (QED) is 0.613. The Morgan fingerprint density at radius 2 is 2.10 bits per heavy atom. The lowest BCUT2D eigenvalue weighted by atomic mass is 10.5. The predicted octanol–water partition coefficient (Wildman–Crippen LogP) is -0.119. The second-order valence-corrected chi connectivity index (χ2v) is 1.78. The number of rotatable bonds is 3. The summed E-state index contributed by atoms with van der Waals surface area (Å²) in [6.07, 6.45) is 4.77. The van der Waals surface area contributed by atoms with E-state index in [0.29, 0.717) is 6.54 Å². The molecule has 0 saturated carbocycles. The first-order valence-electron chi connectivity index (χ1n) is 3.03. The van der Waals surface area contributed by atoms with Gasteiger partial charge in [-0.15, -0.1) is 0 Å². The van der Waals surface area contributed by atoms with Gasteiger partial charge in [0, 0.05) is 6.54 Å². The van der Waals surface area contributed by atoms with E-state index in [0.717, 1.165) is 5.69 Å². The Kier molecular flexibility index (Phi) is 2.63. The van der Waals surface area contributed by atoms with Crippen LogP contribution in [0.1, 0.15) is 0 Å². The molecule has 0 saturated heterocycles. The third kappa shape index (κ3) is 1.99. The number of hydrogen-bond donors (Lipinski definition) is 2. The van der Waals surface area contributed by atoms with E-state index < -0.39 is 0 Å². The van der Waals surface area contributed by atoms with Crippen molar-refractivity contribution in [1.82, 2.24) is 9.97 Å². The normalized spacial score (nSPS) is 9.30. The summed E-state index contributed by atoms with van der Waals surface area (Å²) in [6.45, 7) is 0.655. The van der Waals surface area contributed by atoms with Crippen molar-refractivity contribution in [3.05, 3.63) is 18.7 Å². The maximum atomic E-state index is 8.42. The first kappa shape index (κ1) is 6.95.